The summed E-state index contributed by atoms with van der Waals surface area (Å²) in [6, 6.07) is 23.3. The Balaban J connectivity index is 1.83. The van der Waals surface area contributed by atoms with E-state index in [4.69, 9.17) is 0 Å². The molecule has 0 unspecified atom stereocenters. The molecule has 0 aromatic heterocycles. The third-order valence-electron chi connectivity index (χ3n) is 3.48. The molecule has 0 saturated heterocycles. The minimum absolute atomic E-state index is 0.283. The van der Waals surface area contributed by atoms with Gasteiger partial charge >= 0.3 is 36.8 Å². The van der Waals surface area contributed by atoms with Gasteiger partial charge < -0.3 is 4.18 Å². The maximum absolute atomic E-state index is 12.6. The van der Waals surface area contributed by atoms with Crippen LogP contribution in [0.2, 0.25) is 0 Å². The van der Waals surface area contributed by atoms with E-state index >= 15 is 0 Å². The van der Waals surface area contributed by atoms with Gasteiger partial charge in [0.15, 0.2) is 9.32 Å². The summed E-state index contributed by atoms with van der Waals surface area (Å²) < 4.78 is 66.0. The minimum atomic E-state index is -5.69. The van der Waals surface area contributed by atoms with Crippen LogP contribution < -0.4 is 25.4 Å². The molecule has 0 radical (unpaired) electrons. The van der Waals surface area contributed by atoms with E-state index in [9.17, 15) is 21.6 Å². The SMILES string of the molecule is O=S(=O)(Oc1ccccc1[I+]c1ccc(-c2ccccc2)cc1)C(F)(F)F. The van der Waals surface area contributed by atoms with Gasteiger partial charge in [-0.05, 0) is 47.5 Å². The standard InChI is InChI=1S/C19H13F3IO3S/c20-19(21,22)27(24,25)26-18-9-5-4-8-17(18)23-16-12-10-15(11-13-16)14-6-2-1-3-7-14/h1-13H/q+1. The third-order valence-corrected chi connectivity index (χ3v) is 7.26. The van der Waals surface area contributed by atoms with Crippen molar-refractivity contribution in [2.45, 2.75) is 5.51 Å². The van der Waals surface area contributed by atoms with Crippen LogP contribution in [0.5, 0.6) is 5.75 Å². The second-order valence-electron chi connectivity index (χ2n) is 5.38. The lowest BCUT2D eigenvalue weighted by molar-refractivity contribution is -0.597. The highest BCUT2D eigenvalue weighted by atomic mass is 127. The molecule has 0 spiro atoms. The van der Waals surface area contributed by atoms with Gasteiger partial charge in [-0.1, -0.05) is 42.5 Å². The summed E-state index contributed by atoms with van der Waals surface area (Å²) in [5.74, 6) is -0.283. The van der Waals surface area contributed by atoms with Crippen LogP contribution in [0.25, 0.3) is 11.1 Å². The van der Waals surface area contributed by atoms with Gasteiger partial charge in [0.2, 0.25) is 3.57 Å². The normalized spacial score (nSPS) is 12.0. The van der Waals surface area contributed by atoms with Crippen molar-refractivity contribution in [2.75, 3.05) is 0 Å². The molecule has 0 atom stereocenters. The van der Waals surface area contributed by atoms with E-state index < -0.39 is 36.8 Å². The van der Waals surface area contributed by atoms with Crippen molar-refractivity contribution in [3.63, 3.8) is 0 Å². The average Bonchev–Trinajstić information content (AvgIpc) is 2.63. The van der Waals surface area contributed by atoms with E-state index in [-0.39, 0.29) is 5.75 Å². The first-order valence-corrected chi connectivity index (χ1v) is 11.2. The maximum atomic E-state index is 12.6. The van der Waals surface area contributed by atoms with E-state index in [0.717, 1.165) is 14.7 Å². The van der Waals surface area contributed by atoms with E-state index in [0.29, 0.717) is 3.57 Å². The van der Waals surface area contributed by atoms with Crippen LogP contribution >= 0.6 is 0 Å². The first-order valence-electron chi connectivity index (χ1n) is 7.66. The predicted molar refractivity (Wildman–Crippen MR) is 91.3 cm³/mol. The molecule has 0 N–H and O–H groups in total. The predicted octanol–water partition coefficient (Wildman–Crippen LogP) is 1.71. The van der Waals surface area contributed by atoms with E-state index in [2.05, 4.69) is 4.18 Å². The molecule has 0 amide bonds. The zero-order valence-electron chi connectivity index (χ0n) is 13.7. The summed E-state index contributed by atoms with van der Waals surface area (Å²) in [5.41, 5.74) is -3.38. The first kappa shape index (κ1) is 19.7. The molecule has 3 aromatic carbocycles. The van der Waals surface area contributed by atoms with Crippen LogP contribution in [-0.2, 0) is 10.1 Å². The second kappa shape index (κ2) is 7.89. The Labute approximate surface area is 165 Å². The molecule has 27 heavy (non-hydrogen) atoms. The molecule has 3 aromatic rings. The number of benzene rings is 3. The first-order chi connectivity index (χ1) is 12.8. The van der Waals surface area contributed by atoms with Crippen LogP contribution in [0.15, 0.2) is 78.9 Å². The number of hydrogen-bond donors (Lipinski definition) is 0. The number of rotatable bonds is 5. The molecular formula is C19H13F3IO3S+. The van der Waals surface area contributed by atoms with Gasteiger partial charge in [-0.3, -0.25) is 0 Å². The van der Waals surface area contributed by atoms with Crippen molar-refractivity contribution in [1.82, 2.24) is 0 Å². The van der Waals surface area contributed by atoms with Crippen molar-refractivity contribution < 1.29 is 47.0 Å². The topological polar surface area (TPSA) is 43.4 Å². The van der Waals surface area contributed by atoms with E-state index in [1.54, 1.807) is 12.1 Å². The van der Waals surface area contributed by atoms with E-state index in [1.165, 1.54) is 12.1 Å². The number of halogens is 4. The fraction of sp³-hybridized carbons (Fsp3) is 0.0526. The van der Waals surface area contributed by atoms with Crippen molar-refractivity contribution in [3.05, 3.63) is 86.0 Å². The van der Waals surface area contributed by atoms with Gasteiger partial charge in [-0.15, -0.1) is 0 Å². The lowest BCUT2D eigenvalue weighted by atomic mass is 10.1. The van der Waals surface area contributed by atoms with Gasteiger partial charge in [-0.2, -0.15) is 21.6 Å². The fourth-order valence-electron chi connectivity index (χ4n) is 2.21. The highest BCUT2D eigenvalue weighted by Crippen LogP contribution is 2.26. The highest BCUT2D eigenvalue weighted by Gasteiger charge is 2.49. The highest BCUT2D eigenvalue weighted by molar-refractivity contribution is 7.88. The van der Waals surface area contributed by atoms with Gasteiger partial charge in [0.25, 0.3) is 0 Å². The van der Waals surface area contributed by atoms with Gasteiger partial charge in [0.1, 0.15) is 0 Å². The number of alkyl halides is 3. The Morgan fingerprint density at radius 3 is 1.93 bits per heavy atom. The molecular weight excluding hydrogens is 492 g/mol. The Bertz CT molecular complexity index is 1020. The summed E-state index contributed by atoms with van der Waals surface area (Å²) in [4.78, 5) is 0. The summed E-state index contributed by atoms with van der Waals surface area (Å²) in [5, 5.41) is 0. The summed E-state index contributed by atoms with van der Waals surface area (Å²) >= 11 is -0.924. The Kier molecular flexibility index (Phi) is 5.75. The van der Waals surface area contributed by atoms with Crippen LogP contribution in [0.3, 0.4) is 0 Å². The van der Waals surface area contributed by atoms with Crippen LogP contribution in [0.4, 0.5) is 13.2 Å². The Morgan fingerprint density at radius 2 is 1.30 bits per heavy atom. The lowest BCUT2D eigenvalue weighted by Crippen LogP contribution is -3.61. The number of hydrogen-bond acceptors (Lipinski definition) is 3. The van der Waals surface area contributed by atoms with Gasteiger partial charge in [0.05, 0.1) is 0 Å². The smallest absolute Gasteiger partial charge is 0.371 e. The van der Waals surface area contributed by atoms with Crippen molar-refractivity contribution in [1.29, 1.82) is 0 Å². The summed E-state index contributed by atoms with van der Waals surface area (Å²) in [6.45, 7) is 0. The molecule has 0 heterocycles. The van der Waals surface area contributed by atoms with Crippen LogP contribution in [0.1, 0.15) is 0 Å². The Morgan fingerprint density at radius 1 is 0.741 bits per heavy atom. The fourth-order valence-corrected chi connectivity index (χ4v) is 5.17. The molecule has 0 aliphatic heterocycles. The van der Waals surface area contributed by atoms with Crippen LogP contribution in [-0.4, -0.2) is 13.9 Å². The largest absolute Gasteiger partial charge is 0.534 e. The number of para-hydroxylation sites is 1. The quantitative estimate of drug-likeness (QED) is 0.302. The van der Waals surface area contributed by atoms with Crippen molar-refractivity contribution in [2.24, 2.45) is 0 Å². The molecule has 140 valence electrons. The zero-order valence-corrected chi connectivity index (χ0v) is 16.6. The molecule has 0 fully saturated rings. The summed E-state index contributed by atoms with van der Waals surface area (Å²) in [6.07, 6.45) is 0. The van der Waals surface area contributed by atoms with E-state index in [1.807, 2.05) is 54.6 Å². The molecule has 3 nitrogen and oxygen atoms in total. The molecule has 0 aliphatic rings. The summed E-state index contributed by atoms with van der Waals surface area (Å²) in [7, 11) is -5.69. The van der Waals surface area contributed by atoms with Gasteiger partial charge in [-0.25, -0.2) is 0 Å². The molecule has 0 saturated carbocycles. The maximum Gasteiger partial charge on any atom is 0.534 e. The molecule has 0 aliphatic carbocycles. The average molecular weight is 505 g/mol. The van der Waals surface area contributed by atoms with Crippen molar-refractivity contribution >= 4 is 10.1 Å². The Hall–Kier alpha value is -2.07. The third kappa shape index (κ3) is 4.81. The van der Waals surface area contributed by atoms with Crippen molar-refractivity contribution in [3.8, 4) is 16.9 Å². The monoisotopic (exact) mass is 505 g/mol. The molecule has 8 heteroatoms. The second-order valence-corrected chi connectivity index (χ2v) is 9.87. The van der Waals surface area contributed by atoms with Crippen LogP contribution in [0, 0.1) is 7.14 Å². The molecule has 0 bridgehead atoms. The minimum Gasteiger partial charge on any atom is -0.371 e. The molecule has 3 rings (SSSR count). The lowest BCUT2D eigenvalue weighted by Gasteiger charge is -2.08. The zero-order chi connectivity index (χ0) is 19.5. The van der Waals surface area contributed by atoms with Gasteiger partial charge in [0, 0.05) is 0 Å².